The molecule has 0 aliphatic heterocycles. The number of nitrogens with zero attached hydrogens (tertiary/aromatic N) is 1. The SMILES string of the molecule is CC(C)CCc1ccn(CCC(C)C)c1. The van der Waals surface area contributed by atoms with E-state index in [4.69, 9.17) is 0 Å². The van der Waals surface area contributed by atoms with Crippen LogP contribution in [0.25, 0.3) is 0 Å². The van der Waals surface area contributed by atoms with Crippen molar-refractivity contribution in [1.29, 1.82) is 0 Å². The van der Waals surface area contributed by atoms with Crippen LogP contribution in [-0.2, 0) is 13.0 Å². The Morgan fingerprint density at radius 2 is 1.73 bits per heavy atom. The second-order valence-electron chi connectivity index (χ2n) is 5.37. The van der Waals surface area contributed by atoms with E-state index in [2.05, 4.69) is 50.7 Å². The fourth-order valence-corrected chi connectivity index (χ4v) is 1.64. The summed E-state index contributed by atoms with van der Waals surface area (Å²) in [6, 6.07) is 2.27. The van der Waals surface area contributed by atoms with Gasteiger partial charge in [-0.25, -0.2) is 0 Å². The predicted molar refractivity (Wildman–Crippen MR) is 67.0 cm³/mol. The zero-order valence-electron chi connectivity index (χ0n) is 10.7. The van der Waals surface area contributed by atoms with E-state index in [1.54, 1.807) is 0 Å². The van der Waals surface area contributed by atoms with Gasteiger partial charge in [-0.2, -0.15) is 0 Å². The van der Waals surface area contributed by atoms with Crippen LogP contribution in [0.4, 0.5) is 0 Å². The van der Waals surface area contributed by atoms with Crippen LogP contribution >= 0.6 is 0 Å². The van der Waals surface area contributed by atoms with Crippen molar-refractivity contribution < 1.29 is 0 Å². The van der Waals surface area contributed by atoms with Gasteiger partial charge in [0.05, 0.1) is 0 Å². The monoisotopic (exact) mass is 207 g/mol. The van der Waals surface area contributed by atoms with Crippen LogP contribution in [0, 0.1) is 11.8 Å². The Bertz CT molecular complexity index is 244. The van der Waals surface area contributed by atoms with Crippen molar-refractivity contribution in [3.63, 3.8) is 0 Å². The van der Waals surface area contributed by atoms with E-state index >= 15 is 0 Å². The van der Waals surface area contributed by atoms with Crippen molar-refractivity contribution in [2.75, 3.05) is 0 Å². The molecule has 0 spiro atoms. The van der Waals surface area contributed by atoms with Gasteiger partial charge in [0.25, 0.3) is 0 Å². The average Bonchev–Trinajstić information content (AvgIpc) is 2.59. The van der Waals surface area contributed by atoms with Gasteiger partial charge in [0, 0.05) is 18.9 Å². The maximum absolute atomic E-state index is 2.33. The second-order valence-corrected chi connectivity index (χ2v) is 5.37. The van der Waals surface area contributed by atoms with Crippen LogP contribution in [0.5, 0.6) is 0 Å². The lowest BCUT2D eigenvalue weighted by Crippen LogP contribution is -1.98. The Kier molecular flexibility index (Phi) is 4.93. The molecule has 0 saturated carbocycles. The summed E-state index contributed by atoms with van der Waals surface area (Å²) in [5.41, 5.74) is 1.49. The number of aryl methyl sites for hydroxylation is 2. The van der Waals surface area contributed by atoms with Crippen LogP contribution in [0.3, 0.4) is 0 Å². The summed E-state index contributed by atoms with van der Waals surface area (Å²) >= 11 is 0. The molecule has 0 N–H and O–H groups in total. The van der Waals surface area contributed by atoms with E-state index in [9.17, 15) is 0 Å². The van der Waals surface area contributed by atoms with Crippen molar-refractivity contribution in [2.45, 2.75) is 53.5 Å². The fourth-order valence-electron chi connectivity index (χ4n) is 1.64. The molecule has 0 amide bonds. The molecule has 0 aromatic carbocycles. The lowest BCUT2D eigenvalue weighted by molar-refractivity contribution is 0.516. The van der Waals surface area contributed by atoms with E-state index in [1.165, 1.54) is 31.4 Å². The van der Waals surface area contributed by atoms with Crippen LogP contribution in [0.15, 0.2) is 18.5 Å². The first-order valence-corrected chi connectivity index (χ1v) is 6.22. The molecule has 1 aromatic rings. The summed E-state index contributed by atoms with van der Waals surface area (Å²) < 4.78 is 2.33. The zero-order chi connectivity index (χ0) is 11.3. The van der Waals surface area contributed by atoms with Gasteiger partial charge >= 0.3 is 0 Å². The third-order valence-electron chi connectivity index (χ3n) is 2.79. The molecule has 0 unspecified atom stereocenters. The predicted octanol–water partition coefficient (Wildman–Crippen LogP) is 4.12. The third-order valence-corrected chi connectivity index (χ3v) is 2.79. The third kappa shape index (κ3) is 5.06. The largest absolute Gasteiger partial charge is 0.354 e. The minimum atomic E-state index is 0.798. The molecule has 0 bridgehead atoms. The van der Waals surface area contributed by atoms with Gasteiger partial charge in [-0.05, 0) is 42.7 Å². The maximum Gasteiger partial charge on any atom is 0.0222 e. The lowest BCUT2D eigenvalue weighted by atomic mass is 10.1. The Labute approximate surface area is 94.5 Å². The summed E-state index contributed by atoms with van der Waals surface area (Å²) in [6.45, 7) is 10.3. The highest BCUT2D eigenvalue weighted by Gasteiger charge is 2.00. The summed E-state index contributed by atoms with van der Waals surface area (Å²) in [5.74, 6) is 1.61. The highest BCUT2D eigenvalue weighted by atomic mass is 14.9. The van der Waals surface area contributed by atoms with Crippen LogP contribution in [-0.4, -0.2) is 4.57 Å². The normalized spacial score (nSPS) is 11.6. The van der Waals surface area contributed by atoms with E-state index in [0.717, 1.165) is 11.8 Å². The first-order valence-electron chi connectivity index (χ1n) is 6.22. The van der Waals surface area contributed by atoms with Crippen molar-refractivity contribution >= 4 is 0 Å². The number of hydrogen-bond acceptors (Lipinski definition) is 0. The van der Waals surface area contributed by atoms with Crippen LogP contribution in [0.2, 0.25) is 0 Å². The Hall–Kier alpha value is -0.720. The molecule has 1 aromatic heterocycles. The smallest absolute Gasteiger partial charge is 0.0222 e. The highest BCUT2D eigenvalue weighted by molar-refractivity contribution is 5.10. The molecule has 86 valence electrons. The first-order chi connectivity index (χ1) is 7.08. The van der Waals surface area contributed by atoms with Gasteiger partial charge in [-0.15, -0.1) is 0 Å². The van der Waals surface area contributed by atoms with Gasteiger partial charge in [0.2, 0.25) is 0 Å². The molecule has 1 heteroatoms. The van der Waals surface area contributed by atoms with Gasteiger partial charge in [0.15, 0.2) is 0 Å². The molecule has 0 radical (unpaired) electrons. The van der Waals surface area contributed by atoms with Gasteiger partial charge < -0.3 is 4.57 Å². The van der Waals surface area contributed by atoms with E-state index in [-0.39, 0.29) is 0 Å². The number of hydrogen-bond donors (Lipinski definition) is 0. The summed E-state index contributed by atoms with van der Waals surface area (Å²) in [5, 5.41) is 0. The summed E-state index contributed by atoms with van der Waals surface area (Å²) in [6.07, 6.45) is 8.33. The number of rotatable bonds is 6. The zero-order valence-corrected chi connectivity index (χ0v) is 10.7. The Balaban J connectivity index is 2.35. The molecular weight excluding hydrogens is 182 g/mol. The van der Waals surface area contributed by atoms with E-state index in [1.807, 2.05) is 0 Å². The molecule has 0 saturated heterocycles. The minimum Gasteiger partial charge on any atom is -0.354 e. The summed E-state index contributed by atoms with van der Waals surface area (Å²) in [4.78, 5) is 0. The van der Waals surface area contributed by atoms with Crippen LogP contribution in [0.1, 0.15) is 46.1 Å². The minimum absolute atomic E-state index is 0.798. The Morgan fingerprint density at radius 3 is 2.33 bits per heavy atom. The molecule has 0 aliphatic carbocycles. The highest BCUT2D eigenvalue weighted by Crippen LogP contribution is 2.11. The molecule has 0 fully saturated rings. The van der Waals surface area contributed by atoms with Crippen LogP contribution < -0.4 is 0 Å². The molecule has 15 heavy (non-hydrogen) atoms. The van der Waals surface area contributed by atoms with Crippen molar-refractivity contribution in [1.82, 2.24) is 4.57 Å². The molecular formula is C14H25N. The standard InChI is InChI=1S/C14H25N/c1-12(2)5-6-14-8-10-15(11-14)9-7-13(3)4/h8,10-13H,5-7,9H2,1-4H3. The first kappa shape index (κ1) is 12.4. The van der Waals surface area contributed by atoms with E-state index in [0.29, 0.717) is 0 Å². The molecule has 1 nitrogen and oxygen atoms in total. The second kappa shape index (κ2) is 5.99. The Morgan fingerprint density at radius 1 is 1.07 bits per heavy atom. The average molecular weight is 207 g/mol. The van der Waals surface area contributed by atoms with Crippen molar-refractivity contribution in [2.24, 2.45) is 11.8 Å². The molecule has 1 heterocycles. The van der Waals surface area contributed by atoms with Gasteiger partial charge in [-0.1, -0.05) is 27.7 Å². The quantitative estimate of drug-likeness (QED) is 0.661. The fraction of sp³-hybridized carbons (Fsp3) is 0.714. The number of aromatic nitrogens is 1. The van der Waals surface area contributed by atoms with Gasteiger partial charge in [0.1, 0.15) is 0 Å². The van der Waals surface area contributed by atoms with Crippen molar-refractivity contribution in [3.8, 4) is 0 Å². The lowest BCUT2D eigenvalue weighted by Gasteiger charge is -2.05. The molecule has 1 rings (SSSR count). The summed E-state index contributed by atoms with van der Waals surface area (Å²) in [7, 11) is 0. The topological polar surface area (TPSA) is 4.93 Å². The van der Waals surface area contributed by atoms with Crippen molar-refractivity contribution in [3.05, 3.63) is 24.0 Å². The van der Waals surface area contributed by atoms with Gasteiger partial charge in [-0.3, -0.25) is 0 Å². The molecule has 0 aliphatic rings. The molecule has 0 atom stereocenters. The van der Waals surface area contributed by atoms with E-state index < -0.39 is 0 Å². The maximum atomic E-state index is 2.33.